The minimum absolute atomic E-state index is 0.0102. The van der Waals surface area contributed by atoms with Gasteiger partial charge in [-0.15, -0.1) is 0 Å². The van der Waals surface area contributed by atoms with Crippen molar-refractivity contribution in [2.75, 3.05) is 31.1 Å². The van der Waals surface area contributed by atoms with Crippen LogP contribution in [0, 0.1) is 5.92 Å². The number of carbonyl (C=O) groups excluding carboxylic acids is 2. The van der Waals surface area contributed by atoms with E-state index in [-0.39, 0.29) is 23.3 Å². The van der Waals surface area contributed by atoms with E-state index < -0.39 is 6.04 Å². The third kappa shape index (κ3) is 4.49. The first-order valence-corrected chi connectivity index (χ1v) is 11.8. The van der Waals surface area contributed by atoms with Gasteiger partial charge >= 0.3 is 0 Å². The largest absolute Gasteiger partial charge is 0.352 e. The maximum atomic E-state index is 13.0. The maximum Gasteiger partial charge on any atom is 0.293 e. The number of aryl methyl sites for hydroxylation is 1. The molecule has 1 unspecified atom stereocenters. The number of fused-ring (bicyclic) bond motifs is 1. The smallest absolute Gasteiger partial charge is 0.293 e. The lowest BCUT2D eigenvalue weighted by Gasteiger charge is -2.33. The zero-order valence-electron chi connectivity index (χ0n) is 19.0. The first kappa shape index (κ1) is 22.3. The number of likely N-dealkylation sites (tertiary alicyclic amines) is 1. The van der Waals surface area contributed by atoms with Crippen molar-refractivity contribution in [3.8, 4) is 0 Å². The molecule has 1 aromatic heterocycles. The summed E-state index contributed by atoms with van der Waals surface area (Å²) in [4.78, 5) is 46.9. The van der Waals surface area contributed by atoms with Gasteiger partial charge < -0.3 is 19.7 Å². The fraction of sp³-hybridized carbons (Fsp3) is 0.583. The minimum atomic E-state index is -0.502. The van der Waals surface area contributed by atoms with Crippen LogP contribution in [-0.4, -0.2) is 58.5 Å². The Balaban J connectivity index is 1.39. The molecule has 3 heterocycles. The molecule has 2 fully saturated rings. The van der Waals surface area contributed by atoms with Crippen molar-refractivity contribution < 1.29 is 9.59 Å². The highest BCUT2D eigenvalue weighted by Crippen LogP contribution is 2.22. The van der Waals surface area contributed by atoms with E-state index in [1.165, 1.54) is 6.42 Å². The van der Waals surface area contributed by atoms with E-state index in [9.17, 15) is 14.4 Å². The predicted octanol–water partition coefficient (Wildman–Crippen LogP) is 2.15. The summed E-state index contributed by atoms with van der Waals surface area (Å²) in [6.45, 7) is 7.07. The molecule has 1 aromatic carbocycles. The number of nitrogens with zero attached hydrogens (tertiary/aromatic N) is 4. The standard InChI is InChI=1S/C24H33N5O3/c1-3-29-20-10-6-5-9-19(20)26-21(24(29)32)27-15-11-18(12-16-27)22(30)25-17(2)23(31)28-13-7-4-8-14-28/h5-6,9-10,17-18H,3-4,7-8,11-16H2,1-2H3,(H,25,30). The molecular formula is C24H33N5O3. The molecule has 0 bridgehead atoms. The van der Waals surface area contributed by atoms with Gasteiger partial charge in [-0.2, -0.15) is 0 Å². The van der Waals surface area contributed by atoms with Crippen LogP contribution in [0.4, 0.5) is 5.82 Å². The number of aromatic nitrogens is 2. The van der Waals surface area contributed by atoms with Crippen LogP contribution < -0.4 is 15.8 Å². The van der Waals surface area contributed by atoms with E-state index >= 15 is 0 Å². The summed E-state index contributed by atoms with van der Waals surface area (Å²) in [5.41, 5.74) is 1.55. The lowest BCUT2D eigenvalue weighted by Crippen LogP contribution is -2.51. The van der Waals surface area contributed by atoms with Gasteiger partial charge in [0, 0.05) is 38.6 Å². The topological polar surface area (TPSA) is 87.5 Å². The number of rotatable bonds is 5. The lowest BCUT2D eigenvalue weighted by molar-refractivity contribution is -0.137. The van der Waals surface area contributed by atoms with Crippen molar-refractivity contribution >= 4 is 28.7 Å². The Morgan fingerprint density at radius 3 is 2.47 bits per heavy atom. The van der Waals surface area contributed by atoms with Crippen LogP contribution >= 0.6 is 0 Å². The number of hydrogen-bond acceptors (Lipinski definition) is 5. The highest BCUT2D eigenvalue weighted by Gasteiger charge is 2.30. The van der Waals surface area contributed by atoms with Crippen molar-refractivity contribution in [2.45, 2.75) is 58.5 Å². The van der Waals surface area contributed by atoms with Gasteiger partial charge in [-0.25, -0.2) is 4.98 Å². The Hall–Kier alpha value is -2.90. The monoisotopic (exact) mass is 439 g/mol. The third-order valence-corrected chi connectivity index (χ3v) is 6.71. The molecule has 0 saturated carbocycles. The van der Waals surface area contributed by atoms with Gasteiger partial charge in [0.05, 0.1) is 11.0 Å². The molecule has 2 aliphatic heterocycles. The highest BCUT2D eigenvalue weighted by molar-refractivity contribution is 5.88. The fourth-order valence-corrected chi connectivity index (χ4v) is 4.83. The number of hydrogen-bond donors (Lipinski definition) is 1. The minimum Gasteiger partial charge on any atom is -0.352 e. The average Bonchev–Trinajstić information content (AvgIpc) is 2.83. The highest BCUT2D eigenvalue weighted by atomic mass is 16.2. The molecule has 8 nitrogen and oxygen atoms in total. The molecule has 2 amide bonds. The normalized spacial score (nSPS) is 18.6. The van der Waals surface area contributed by atoms with Crippen LogP contribution in [0.5, 0.6) is 0 Å². The van der Waals surface area contributed by atoms with Crippen LogP contribution in [0.1, 0.15) is 46.0 Å². The molecule has 1 N–H and O–H groups in total. The second-order valence-electron chi connectivity index (χ2n) is 8.85. The summed E-state index contributed by atoms with van der Waals surface area (Å²) >= 11 is 0. The quantitative estimate of drug-likeness (QED) is 0.771. The zero-order chi connectivity index (χ0) is 22.7. The van der Waals surface area contributed by atoms with Crippen LogP contribution in [0.15, 0.2) is 29.1 Å². The van der Waals surface area contributed by atoms with Crippen molar-refractivity contribution in [3.63, 3.8) is 0 Å². The van der Waals surface area contributed by atoms with E-state index in [4.69, 9.17) is 0 Å². The molecule has 32 heavy (non-hydrogen) atoms. The van der Waals surface area contributed by atoms with Gasteiger partial charge in [0.1, 0.15) is 6.04 Å². The molecule has 2 saturated heterocycles. The van der Waals surface area contributed by atoms with Crippen LogP contribution in [0.25, 0.3) is 11.0 Å². The molecule has 2 aliphatic rings. The van der Waals surface area contributed by atoms with E-state index in [2.05, 4.69) is 10.3 Å². The van der Waals surface area contributed by atoms with E-state index in [0.29, 0.717) is 38.3 Å². The van der Waals surface area contributed by atoms with Gasteiger partial charge in [-0.3, -0.25) is 14.4 Å². The molecule has 2 aromatic rings. The molecule has 4 rings (SSSR count). The van der Waals surface area contributed by atoms with Crippen molar-refractivity contribution in [2.24, 2.45) is 5.92 Å². The first-order valence-electron chi connectivity index (χ1n) is 11.8. The number of benzene rings is 1. The zero-order valence-corrected chi connectivity index (χ0v) is 19.0. The Bertz CT molecular complexity index is 1040. The molecule has 0 aliphatic carbocycles. The average molecular weight is 440 g/mol. The second kappa shape index (κ2) is 9.71. The predicted molar refractivity (Wildman–Crippen MR) is 125 cm³/mol. The summed E-state index contributed by atoms with van der Waals surface area (Å²) in [5.74, 6) is 0.241. The van der Waals surface area contributed by atoms with Crippen LogP contribution in [0.2, 0.25) is 0 Å². The fourth-order valence-electron chi connectivity index (χ4n) is 4.83. The Morgan fingerprint density at radius 2 is 1.78 bits per heavy atom. The maximum absolute atomic E-state index is 13.0. The number of para-hydroxylation sites is 2. The van der Waals surface area contributed by atoms with Crippen molar-refractivity contribution in [3.05, 3.63) is 34.6 Å². The molecule has 0 radical (unpaired) electrons. The first-order chi connectivity index (χ1) is 15.5. The summed E-state index contributed by atoms with van der Waals surface area (Å²) in [6, 6.07) is 7.17. The lowest BCUT2D eigenvalue weighted by atomic mass is 9.95. The van der Waals surface area contributed by atoms with Crippen molar-refractivity contribution in [1.82, 2.24) is 19.8 Å². The number of anilines is 1. The Labute approximate surface area is 188 Å². The number of piperidine rings is 2. The molecule has 0 spiro atoms. The number of carbonyl (C=O) groups is 2. The third-order valence-electron chi connectivity index (χ3n) is 6.71. The Kier molecular flexibility index (Phi) is 6.77. The van der Waals surface area contributed by atoms with Gasteiger partial charge in [-0.1, -0.05) is 12.1 Å². The van der Waals surface area contributed by atoms with Gasteiger partial charge in [0.25, 0.3) is 5.56 Å². The van der Waals surface area contributed by atoms with Crippen LogP contribution in [-0.2, 0) is 16.1 Å². The summed E-state index contributed by atoms with van der Waals surface area (Å²) in [7, 11) is 0. The van der Waals surface area contributed by atoms with Gasteiger partial charge in [-0.05, 0) is 58.1 Å². The van der Waals surface area contributed by atoms with Crippen molar-refractivity contribution in [1.29, 1.82) is 0 Å². The summed E-state index contributed by atoms with van der Waals surface area (Å²) in [5, 5.41) is 2.92. The summed E-state index contributed by atoms with van der Waals surface area (Å²) in [6.07, 6.45) is 4.51. The van der Waals surface area contributed by atoms with Gasteiger partial charge in [0.15, 0.2) is 5.82 Å². The molecular weight excluding hydrogens is 406 g/mol. The molecule has 1 atom stereocenters. The number of amides is 2. The van der Waals surface area contributed by atoms with Crippen LogP contribution in [0.3, 0.4) is 0 Å². The SMILES string of the molecule is CCn1c(=O)c(N2CCC(C(=O)NC(C)C(=O)N3CCCCC3)CC2)nc2ccccc21. The van der Waals surface area contributed by atoms with E-state index in [1.54, 1.807) is 11.5 Å². The molecule has 172 valence electrons. The molecule has 8 heteroatoms. The van der Waals surface area contributed by atoms with E-state index in [0.717, 1.165) is 37.0 Å². The Morgan fingerprint density at radius 1 is 1.09 bits per heavy atom. The van der Waals surface area contributed by atoms with E-state index in [1.807, 2.05) is 41.0 Å². The van der Waals surface area contributed by atoms with Gasteiger partial charge in [0.2, 0.25) is 11.8 Å². The summed E-state index contributed by atoms with van der Waals surface area (Å²) < 4.78 is 1.75. The number of nitrogens with one attached hydrogen (secondary N) is 1. The second-order valence-corrected chi connectivity index (χ2v) is 8.85.